The largest absolute Gasteiger partial charge is 0.494 e. The Morgan fingerprint density at radius 1 is 0.299 bits per heavy atom. The quantitative estimate of drug-likeness (QED) is 0.0543. The van der Waals surface area contributed by atoms with Crippen LogP contribution in [0.2, 0.25) is 0 Å². The summed E-state index contributed by atoms with van der Waals surface area (Å²) >= 11 is 0. The van der Waals surface area contributed by atoms with Crippen LogP contribution in [0.5, 0.6) is 57.5 Å². The fourth-order valence-corrected chi connectivity index (χ4v) is 10.0. The summed E-state index contributed by atoms with van der Waals surface area (Å²) in [7, 11) is 4.04. The van der Waals surface area contributed by atoms with E-state index in [2.05, 4.69) is 94.8 Å². The van der Waals surface area contributed by atoms with Crippen LogP contribution in [0, 0.1) is 0 Å². The Balaban J connectivity index is 1.38. The van der Waals surface area contributed by atoms with E-state index in [4.69, 9.17) is 47.4 Å². The summed E-state index contributed by atoms with van der Waals surface area (Å²) in [4.78, 5) is 0. The molecule has 0 spiro atoms. The topological polar surface area (TPSA) is 110 Å². The zero-order chi connectivity index (χ0) is 54.3. The van der Waals surface area contributed by atoms with Crippen LogP contribution in [0.15, 0.2) is 98.1 Å². The van der Waals surface area contributed by atoms with Crippen molar-refractivity contribution in [1.29, 1.82) is 0 Å². The van der Waals surface area contributed by atoms with Crippen LogP contribution >= 0.6 is 0 Å². The Morgan fingerprint density at radius 3 is 0.636 bits per heavy atom. The third-order valence-corrected chi connectivity index (χ3v) is 13.4. The molecule has 77 heavy (non-hydrogen) atoms. The van der Waals surface area contributed by atoms with E-state index in [1.807, 2.05) is 91.0 Å². The van der Waals surface area contributed by atoms with E-state index >= 15 is 0 Å². The second-order valence-corrected chi connectivity index (χ2v) is 19.0. The van der Waals surface area contributed by atoms with E-state index in [1.54, 1.807) is 0 Å². The highest BCUT2D eigenvalue weighted by atomic mass is 16.5. The average molecular weight is 1050 g/mol. The minimum Gasteiger partial charge on any atom is -0.494 e. The van der Waals surface area contributed by atoms with Crippen molar-refractivity contribution >= 4 is 0 Å². The van der Waals surface area contributed by atoms with E-state index < -0.39 is 0 Å². The zero-order valence-electron chi connectivity index (χ0n) is 47.1. The number of hydrogen-bond acceptors (Lipinski definition) is 10. The predicted molar refractivity (Wildman–Crippen MR) is 298 cm³/mol. The third-order valence-electron chi connectivity index (χ3n) is 13.4. The van der Waals surface area contributed by atoms with E-state index in [1.165, 1.54) is 0 Å². The van der Waals surface area contributed by atoms with Crippen LogP contribution in [-0.2, 0) is 59.3 Å². The smallest absolute Gasteiger partial charge is 0.243 e. The van der Waals surface area contributed by atoms with Gasteiger partial charge in [-0.3, -0.25) is 0 Å². The SMILES string of the molecule is CCOc1cc2c(OCC)cc1Cc1cc(OCC)c(cc1OCC)Cc1cc(OCC)c(cc1OCC)Cc1cc(OCCn3cc[n+](C)c3)c(cc1OCCn1cc[n+](C)c1)Cc1cc(OCC)c(cc1OCC)C2. The highest BCUT2D eigenvalue weighted by Crippen LogP contribution is 2.43. The molecular formula is C63H80N4O10+2. The van der Waals surface area contributed by atoms with Crippen molar-refractivity contribution in [3.05, 3.63) is 154 Å². The molecule has 0 fully saturated rings. The predicted octanol–water partition coefficient (Wildman–Crippen LogP) is 10.6. The second-order valence-electron chi connectivity index (χ2n) is 19.0. The molecule has 0 aliphatic heterocycles. The molecule has 0 saturated carbocycles. The molecule has 0 saturated heterocycles. The summed E-state index contributed by atoms with van der Waals surface area (Å²) in [5.41, 5.74) is 9.62. The summed E-state index contributed by atoms with van der Waals surface area (Å²) in [6.45, 7) is 22.1. The van der Waals surface area contributed by atoms with Crippen LogP contribution in [-0.4, -0.2) is 75.2 Å². The lowest BCUT2D eigenvalue weighted by Gasteiger charge is -2.22. The maximum absolute atomic E-state index is 6.91. The molecule has 10 bridgehead atoms. The zero-order valence-corrected chi connectivity index (χ0v) is 47.1. The molecule has 410 valence electrons. The summed E-state index contributed by atoms with van der Waals surface area (Å²) in [5, 5.41) is 0. The number of benzene rings is 5. The molecule has 0 N–H and O–H groups in total. The molecule has 2 heterocycles. The van der Waals surface area contributed by atoms with Crippen LogP contribution < -0.4 is 56.5 Å². The normalized spacial score (nSPS) is 12.1. The number of aryl methyl sites for hydroxylation is 2. The van der Waals surface area contributed by atoms with Gasteiger partial charge in [0.25, 0.3) is 0 Å². The van der Waals surface area contributed by atoms with Crippen LogP contribution in [0.25, 0.3) is 0 Å². The van der Waals surface area contributed by atoms with Crippen LogP contribution in [0.3, 0.4) is 0 Å². The summed E-state index contributed by atoms with van der Waals surface area (Å²) in [6, 6.07) is 21.3. The molecule has 17 rings (SSSR count). The summed E-state index contributed by atoms with van der Waals surface area (Å²) in [5.74, 6) is 7.62. The van der Waals surface area contributed by atoms with E-state index in [0.717, 1.165) is 113 Å². The second kappa shape index (κ2) is 27.0. The lowest BCUT2D eigenvalue weighted by Crippen LogP contribution is -2.24. The molecule has 14 nitrogen and oxygen atoms in total. The Morgan fingerprint density at radius 2 is 0.481 bits per heavy atom. The number of nitrogens with zero attached hydrogens (tertiary/aromatic N) is 4. The maximum atomic E-state index is 6.91. The molecule has 0 amide bonds. The third kappa shape index (κ3) is 14.1. The molecule has 14 heteroatoms. The van der Waals surface area contributed by atoms with E-state index in [0.29, 0.717) is 111 Å². The standard InChI is InChI=1S/C63H80N4O10/c1-11-68-54-34-46-28-48-36-60(74-17-7)50(38-58(48)72-15-5)30-52-40-63(77-26-24-67-22-20-65(10)43-67)53(41-62(52)76-25-23-66-21-19-64(9)42-66)31-51-39-59(73-16-6)49(37-61(51)75-18-8)29-47-35-55(69-12-2)45(33-57(47)71-14-4)27-44(54)32-56(46)70-13-3/h19-22,32-43H,11-18,23-31H2,1-10H3/q+2. The number of ether oxygens (including phenoxy) is 10. The lowest BCUT2D eigenvalue weighted by molar-refractivity contribution is -0.671. The Bertz CT molecular complexity index is 2870. The van der Waals surface area contributed by atoms with Crippen molar-refractivity contribution in [2.24, 2.45) is 14.1 Å². The molecule has 0 radical (unpaired) electrons. The van der Waals surface area contributed by atoms with Gasteiger partial charge in [-0.1, -0.05) is 0 Å². The van der Waals surface area contributed by atoms with Crippen molar-refractivity contribution in [3.8, 4) is 57.5 Å². The van der Waals surface area contributed by atoms with Crippen molar-refractivity contribution in [1.82, 2.24) is 9.13 Å². The van der Waals surface area contributed by atoms with Crippen LogP contribution in [0.1, 0.15) is 111 Å². The van der Waals surface area contributed by atoms with Crippen molar-refractivity contribution in [3.63, 3.8) is 0 Å². The summed E-state index contributed by atoms with van der Waals surface area (Å²) in [6.07, 6.45) is 14.7. The number of rotatable bonds is 24. The van der Waals surface area contributed by atoms with Gasteiger partial charge in [-0.05, 0) is 116 Å². The maximum Gasteiger partial charge on any atom is 0.243 e. The van der Waals surface area contributed by atoms with Crippen molar-refractivity contribution < 1.29 is 56.5 Å². The molecule has 5 aromatic carbocycles. The Labute approximate surface area is 455 Å². The highest BCUT2D eigenvalue weighted by Gasteiger charge is 2.25. The first-order valence-electron chi connectivity index (χ1n) is 27.7. The van der Waals surface area contributed by atoms with Gasteiger partial charge in [0.1, 0.15) is 109 Å². The van der Waals surface area contributed by atoms with E-state index in [-0.39, 0.29) is 0 Å². The van der Waals surface area contributed by atoms with Gasteiger partial charge < -0.3 is 47.4 Å². The average Bonchev–Trinajstić information content (AvgIpc) is 4.03. The van der Waals surface area contributed by atoms with Gasteiger partial charge in [-0.15, -0.1) is 0 Å². The fourth-order valence-electron chi connectivity index (χ4n) is 10.0. The molecule has 7 aromatic rings. The van der Waals surface area contributed by atoms with Gasteiger partial charge in [0, 0.05) is 87.7 Å². The monoisotopic (exact) mass is 1050 g/mol. The van der Waals surface area contributed by atoms with Crippen LogP contribution in [0.4, 0.5) is 0 Å². The minimum atomic E-state index is 0.432. The lowest BCUT2D eigenvalue weighted by atomic mass is 9.94. The Kier molecular flexibility index (Phi) is 19.6. The highest BCUT2D eigenvalue weighted by molar-refractivity contribution is 5.59. The number of aromatic nitrogens is 4. The van der Waals surface area contributed by atoms with Gasteiger partial charge in [0.2, 0.25) is 12.7 Å². The minimum absolute atomic E-state index is 0.432. The van der Waals surface area contributed by atoms with Crippen molar-refractivity contribution in [2.75, 3.05) is 66.1 Å². The molecule has 2 aromatic heterocycles. The van der Waals surface area contributed by atoms with Gasteiger partial charge in [0.15, 0.2) is 0 Å². The van der Waals surface area contributed by atoms with Gasteiger partial charge in [-0.25, -0.2) is 18.3 Å². The molecule has 0 atom stereocenters. The first-order chi connectivity index (χ1) is 37.6. The molecule has 10 aliphatic carbocycles. The first-order valence-corrected chi connectivity index (χ1v) is 27.7. The van der Waals surface area contributed by atoms with Gasteiger partial charge in [0.05, 0.1) is 67.0 Å². The first kappa shape index (κ1) is 55.7. The molecular weight excluding hydrogens is 973 g/mol. The van der Waals surface area contributed by atoms with Crippen molar-refractivity contribution in [2.45, 2.75) is 101 Å². The molecule has 10 aliphatic rings. The van der Waals surface area contributed by atoms with Gasteiger partial charge in [-0.2, -0.15) is 0 Å². The number of hydrogen-bond donors (Lipinski definition) is 0. The fraction of sp³-hybridized carbons (Fsp3) is 0.429. The van der Waals surface area contributed by atoms with Gasteiger partial charge >= 0.3 is 0 Å². The Hall–Kier alpha value is -7.48. The summed E-state index contributed by atoms with van der Waals surface area (Å²) < 4.78 is 74.4. The number of imidazole rings is 2. The molecule has 0 unspecified atom stereocenters. The van der Waals surface area contributed by atoms with E-state index in [9.17, 15) is 0 Å².